The number of benzene rings is 1. The molecule has 1 heterocycles. The van der Waals surface area contributed by atoms with E-state index in [4.69, 9.17) is 22.5 Å². The van der Waals surface area contributed by atoms with Crippen molar-refractivity contribution in [2.45, 2.75) is 20.3 Å². The van der Waals surface area contributed by atoms with Gasteiger partial charge in [-0.25, -0.2) is 0 Å². The largest absolute Gasteiger partial charge is 0.389 e. The van der Waals surface area contributed by atoms with Gasteiger partial charge in [-0.05, 0) is 26.0 Å². The molecule has 19 heavy (non-hydrogen) atoms. The van der Waals surface area contributed by atoms with Gasteiger partial charge in [-0.15, -0.1) is 0 Å². The normalized spacial score (nSPS) is 10.4. The van der Waals surface area contributed by atoms with Crippen molar-refractivity contribution < 1.29 is 4.52 Å². The van der Waals surface area contributed by atoms with Gasteiger partial charge in [0.05, 0.1) is 0 Å². The first-order valence-corrected chi connectivity index (χ1v) is 6.40. The molecular weight excluding hydrogens is 260 g/mol. The number of aromatic nitrogens is 2. The maximum absolute atomic E-state index is 5.72. The smallest absolute Gasteiger partial charge is 0.228 e. The van der Waals surface area contributed by atoms with E-state index in [-0.39, 0.29) is 0 Å². The van der Waals surface area contributed by atoms with Gasteiger partial charge in [0.15, 0.2) is 5.82 Å². The van der Waals surface area contributed by atoms with Crippen molar-refractivity contribution in [1.82, 2.24) is 10.1 Å². The van der Waals surface area contributed by atoms with Crippen molar-refractivity contribution in [2.75, 3.05) is 11.9 Å². The third-order valence-electron chi connectivity index (χ3n) is 2.66. The van der Waals surface area contributed by atoms with Gasteiger partial charge in [-0.2, -0.15) is 4.98 Å². The van der Waals surface area contributed by atoms with E-state index in [1.807, 2.05) is 25.1 Å². The van der Waals surface area contributed by atoms with Gasteiger partial charge >= 0.3 is 0 Å². The predicted molar refractivity (Wildman–Crippen MR) is 78.3 cm³/mol. The lowest BCUT2D eigenvalue weighted by atomic mass is 10.1. The van der Waals surface area contributed by atoms with Crippen molar-refractivity contribution in [3.8, 4) is 0 Å². The Morgan fingerprint density at radius 3 is 2.84 bits per heavy atom. The van der Waals surface area contributed by atoms with E-state index in [0.717, 1.165) is 16.8 Å². The van der Waals surface area contributed by atoms with Crippen LogP contribution in [0.3, 0.4) is 0 Å². The lowest BCUT2D eigenvalue weighted by Crippen LogP contribution is -2.14. The van der Waals surface area contributed by atoms with Gasteiger partial charge < -0.3 is 15.6 Å². The molecule has 6 heteroatoms. The van der Waals surface area contributed by atoms with Crippen LogP contribution >= 0.6 is 12.2 Å². The maximum atomic E-state index is 5.72. The summed E-state index contributed by atoms with van der Waals surface area (Å²) in [6, 6.07) is 5.96. The van der Waals surface area contributed by atoms with Crippen molar-refractivity contribution in [3.05, 3.63) is 41.0 Å². The average molecular weight is 276 g/mol. The molecule has 0 unspecified atom stereocenters. The van der Waals surface area contributed by atoms with Crippen LogP contribution in [0, 0.1) is 13.8 Å². The molecular formula is C13H16N4OS. The van der Waals surface area contributed by atoms with E-state index in [0.29, 0.717) is 29.7 Å². The molecule has 0 amide bonds. The molecule has 0 aliphatic heterocycles. The summed E-state index contributed by atoms with van der Waals surface area (Å²) in [5.41, 5.74) is 8.63. The quantitative estimate of drug-likeness (QED) is 0.813. The fraction of sp³-hybridized carbons (Fsp3) is 0.308. The lowest BCUT2D eigenvalue weighted by molar-refractivity contribution is 0.377. The summed E-state index contributed by atoms with van der Waals surface area (Å²) in [6.07, 6.45) is 0.658. The number of hydrogen-bond donors (Lipinski definition) is 2. The zero-order valence-electron chi connectivity index (χ0n) is 10.9. The summed E-state index contributed by atoms with van der Waals surface area (Å²) >= 11 is 5.05. The van der Waals surface area contributed by atoms with Crippen LogP contribution in [0.1, 0.15) is 22.8 Å². The van der Waals surface area contributed by atoms with Crippen LogP contribution in [-0.2, 0) is 6.42 Å². The molecule has 0 atom stereocenters. The first kappa shape index (κ1) is 13.5. The average Bonchev–Trinajstić information content (AvgIpc) is 2.77. The molecule has 0 aliphatic rings. The summed E-state index contributed by atoms with van der Waals surface area (Å²) in [5, 5.41) is 7.03. The van der Waals surface area contributed by atoms with E-state index in [9.17, 15) is 0 Å². The Bertz CT molecular complexity index is 594. The third kappa shape index (κ3) is 3.51. The van der Waals surface area contributed by atoms with E-state index in [1.165, 1.54) is 0 Å². The fourth-order valence-electron chi connectivity index (χ4n) is 1.76. The van der Waals surface area contributed by atoms with Crippen molar-refractivity contribution in [2.24, 2.45) is 5.73 Å². The zero-order valence-corrected chi connectivity index (χ0v) is 11.8. The predicted octanol–water partition coefficient (Wildman–Crippen LogP) is 1.98. The number of hydrogen-bond acceptors (Lipinski definition) is 5. The van der Waals surface area contributed by atoms with Crippen LogP contribution in [0.15, 0.2) is 22.7 Å². The highest BCUT2D eigenvalue weighted by molar-refractivity contribution is 7.80. The van der Waals surface area contributed by atoms with Gasteiger partial charge in [0.1, 0.15) is 4.99 Å². The van der Waals surface area contributed by atoms with E-state index in [2.05, 4.69) is 15.5 Å². The van der Waals surface area contributed by atoms with Crippen LogP contribution in [0.2, 0.25) is 0 Å². The van der Waals surface area contributed by atoms with E-state index >= 15 is 0 Å². The molecule has 100 valence electrons. The summed E-state index contributed by atoms with van der Waals surface area (Å²) in [4.78, 5) is 4.53. The minimum atomic E-state index is 0.389. The Kier molecular flexibility index (Phi) is 4.11. The molecule has 0 radical (unpaired) electrons. The molecule has 0 aliphatic carbocycles. The SMILES string of the molecule is Cc1ccc(NCCc2nc(C)no2)c(C(N)=S)c1. The first-order valence-electron chi connectivity index (χ1n) is 6.00. The Balaban J connectivity index is 2.01. The third-order valence-corrected chi connectivity index (χ3v) is 2.88. The van der Waals surface area contributed by atoms with Gasteiger partial charge in [0.25, 0.3) is 0 Å². The maximum Gasteiger partial charge on any atom is 0.228 e. The summed E-state index contributed by atoms with van der Waals surface area (Å²) < 4.78 is 5.05. The highest BCUT2D eigenvalue weighted by Crippen LogP contribution is 2.17. The summed E-state index contributed by atoms with van der Waals surface area (Å²) in [7, 11) is 0. The van der Waals surface area contributed by atoms with Crippen LogP contribution in [0.25, 0.3) is 0 Å². The molecule has 0 fully saturated rings. The second-order valence-corrected chi connectivity index (χ2v) is 4.77. The monoisotopic (exact) mass is 276 g/mol. The molecule has 1 aromatic heterocycles. The minimum absolute atomic E-state index is 0.389. The standard InChI is InChI=1S/C13H16N4OS/c1-8-3-4-11(10(7-8)13(14)19)15-6-5-12-16-9(2)17-18-12/h3-4,7,15H,5-6H2,1-2H3,(H2,14,19). The zero-order chi connectivity index (χ0) is 13.8. The Morgan fingerprint density at radius 2 is 2.21 bits per heavy atom. The molecule has 0 spiro atoms. The number of nitrogens with zero attached hydrogens (tertiary/aromatic N) is 2. The second kappa shape index (κ2) is 5.79. The number of thiocarbonyl (C=S) groups is 1. The number of aryl methyl sites for hydroxylation is 2. The molecule has 0 bridgehead atoms. The fourth-order valence-corrected chi connectivity index (χ4v) is 1.93. The topological polar surface area (TPSA) is 77.0 Å². The first-order chi connectivity index (χ1) is 9.06. The highest BCUT2D eigenvalue weighted by atomic mass is 32.1. The van der Waals surface area contributed by atoms with Crippen LogP contribution in [0.4, 0.5) is 5.69 Å². The molecule has 0 saturated carbocycles. The van der Waals surface area contributed by atoms with Gasteiger partial charge in [-0.1, -0.05) is 29.0 Å². The second-order valence-electron chi connectivity index (χ2n) is 4.33. The molecule has 3 N–H and O–H groups in total. The molecule has 2 aromatic rings. The van der Waals surface area contributed by atoms with Gasteiger partial charge in [0.2, 0.25) is 5.89 Å². The van der Waals surface area contributed by atoms with Crippen LogP contribution < -0.4 is 11.1 Å². The Hall–Kier alpha value is -1.95. The van der Waals surface area contributed by atoms with Gasteiger partial charge in [-0.3, -0.25) is 0 Å². The number of nitrogens with one attached hydrogen (secondary N) is 1. The van der Waals surface area contributed by atoms with Gasteiger partial charge in [0, 0.05) is 24.2 Å². The van der Waals surface area contributed by atoms with Crippen molar-refractivity contribution >= 4 is 22.9 Å². The Labute approximate surface area is 117 Å². The number of anilines is 1. The highest BCUT2D eigenvalue weighted by Gasteiger charge is 2.06. The molecule has 1 aromatic carbocycles. The van der Waals surface area contributed by atoms with Crippen molar-refractivity contribution in [1.29, 1.82) is 0 Å². The number of rotatable bonds is 5. The molecule has 5 nitrogen and oxygen atoms in total. The summed E-state index contributed by atoms with van der Waals surface area (Å²) in [5.74, 6) is 1.27. The molecule has 0 saturated heterocycles. The van der Waals surface area contributed by atoms with E-state index in [1.54, 1.807) is 6.92 Å². The lowest BCUT2D eigenvalue weighted by Gasteiger charge is -2.11. The summed E-state index contributed by atoms with van der Waals surface area (Å²) in [6.45, 7) is 4.48. The minimum Gasteiger partial charge on any atom is -0.389 e. The molecule has 2 rings (SSSR count). The van der Waals surface area contributed by atoms with Crippen LogP contribution in [0.5, 0.6) is 0 Å². The Morgan fingerprint density at radius 1 is 1.42 bits per heavy atom. The van der Waals surface area contributed by atoms with Crippen LogP contribution in [-0.4, -0.2) is 21.7 Å². The van der Waals surface area contributed by atoms with Crippen molar-refractivity contribution in [3.63, 3.8) is 0 Å². The number of nitrogens with two attached hydrogens (primary N) is 1. The van der Waals surface area contributed by atoms with E-state index < -0.39 is 0 Å².